The Balaban J connectivity index is 2.38. The molecule has 1 fully saturated rings. The second kappa shape index (κ2) is 3.62. The molecule has 0 unspecified atom stereocenters. The first-order chi connectivity index (χ1) is 7.67. The molecule has 0 atom stereocenters. The van der Waals surface area contributed by atoms with Crippen molar-refractivity contribution in [1.29, 1.82) is 0 Å². The van der Waals surface area contributed by atoms with Gasteiger partial charge < -0.3 is 0 Å². The maximum absolute atomic E-state index is 12.8. The van der Waals surface area contributed by atoms with Gasteiger partial charge in [0.1, 0.15) is 0 Å². The molecule has 0 heterocycles. The summed E-state index contributed by atoms with van der Waals surface area (Å²) in [4.78, 5) is -0.194. The molecule has 0 spiro atoms. The number of benzene rings is 1. The normalized spacial score (nSPS) is 19.1. The third-order valence-electron chi connectivity index (χ3n) is 2.98. The van der Waals surface area contributed by atoms with E-state index in [9.17, 15) is 21.6 Å². The summed E-state index contributed by atoms with van der Waals surface area (Å²) in [5, 5.41) is 0. The molecule has 1 aliphatic rings. The predicted octanol–water partition coefficient (Wildman–Crippen LogP) is 3.21. The monoisotopic (exact) mass is 284 g/mol. The Hall–Kier alpha value is -0.750. The molecular weight excluding hydrogens is 277 g/mol. The standard InChI is InChI=1S/C10H8ClF3O2S/c11-17(15,16)8-3-1-7(2-4-8)9(5-6-9)10(12,13)14/h1-4H,5-6H2. The molecule has 0 saturated heterocycles. The number of hydrogen-bond donors (Lipinski definition) is 0. The maximum Gasteiger partial charge on any atom is 0.398 e. The number of halogens is 4. The third-order valence-corrected chi connectivity index (χ3v) is 4.35. The molecule has 0 aromatic heterocycles. The van der Waals surface area contributed by atoms with Gasteiger partial charge in [0.05, 0.1) is 10.3 Å². The molecule has 1 aromatic carbocycles. The van der Waals surface area contributed by atoms with Crippen molar-refractivity contribution in [3.63, 3.8) is 0 Å². The smallest absolute Gasteiger partial charge is 0.207 e. The SMILES string of the molecule is O=S(=O)(Cl)c1ccc(C2(C(F)(F)F)CC2)cc1. The molecule has 0 radical (unpaired) electrons. The zero-order valence-corrected chi connectivity index (χ0v) is 10.0. The fraction of sp³-hybridized carbons (Fsp3) is 0.400. The summed E-state index contributed by atoms with van der Waals surface area (Å²) < 4.78 is 60.2. The van der Waals surface area contributed by atoms with Crippen LogP contribution in [0.15, 0.2) is 29.2 Å². The second-order valence-corrected chi connectivity index (χ2v) is 6.61. The third kappa shape index (κ3) is 2.15. The van der Waals surface area contributed by atoms with Gasteiger partial charge in [-0.05, 0) is 30.5 Å². The molecule has 2 nitrogen and oxygen atoms in total. The fourth-order valence-electron chi connectivity index (χ4n) is 1.80. The fourth-order valence-corrected chi connectivity index (χ4v) is 2.57. The van der Waals surface area contributed by atoms with E-state index in [1.54, 1.807) is 0 Å². The highest BCUT2D eigenvalue weighted by molar-refractivity contribution is 8.13. The van der Waals surface area contributed by atoms with E-state index >= 15 is 0 Å². The lowest BCUT2D eigenvalue weighted by Crippen LogP contribution is -2.28. The molecular formula is C10H8ClF3O2S. The van der Waals surface area contributed by atoms with Gasteiger partial charge in [0.2, 0.25) is 0 Å². The van der Waals surface area contributed by atoms with Crippen LogP contribution in [0.4, 0.5) is 13.2 Å². The highest BCUT2D eigenvalue weighted by Crippen LogP contribution is 2.58. The molecule has 17 heavy (non-hydrogen) atoms. The van der Waals surface area contributed by atoms with Crippen molar-refractivity contribution in [3.8, 4) is 0 Å². The van der Waals surface area contributed by atoms with E-state index in [2.05, 4.69) is 0 Å². The van der Waals surface area contributed by atoms with Gasteiger partial charge >= 0.3 is 6.18 Å². The Labute approximate surface area is 101 Å². The first-order valence-corrected chi connectivity index (χ1v) is 7.10. The topological polar surface area (TPSA) is 34.1 Å². The molecule has 0 bridgehead atoms. The minimum atomic E-state index is -4.30. The Bertz CT molecular complexity index is 530. The largest absolute Gasteiger partial charge is 0.398 e. The van der Waals surface area contributed by atoms with Crippen molar-refractivity contribution in [2.45, 2.75) is 29.3 Å². The van der Waals surface area contributed by atoms with Crippen LogP contribution in [-0.4, -0.2) is 14.6 Å². The summed E-state index contributed by atoms with van der Waals surface area (Å²) in [6.07, 6.45) is -4.21. The van der Waals surface area contributed by atoms with Crippen LogP contribution in [-0.2, 0) is 14.5 Å². The molecule has 2 rings (SSSR count). The van der Waals surface area contributed by atoms with Crippen LogP contribution < -0.4 is 0 Å². The maximum atomic E-state index is 12.8. The van der Waals surface area contributed by atoms with E-state index in [0.29, 0.717) is 0 Å². The average molecular weight is 285 g/mol. The van der Waals surface area contributed by atoms with Gasteiger partial charge in [0.25, 0.3) is 9.05 Å². The van der Waals surface area contributed by atoms with Crippen LogP contribution in [0.1, 0.15) is 18.4 Å². The Morgan fingerprint density at radius 2 is 1.59 bits per heavy atom. The van der Waals surface area contributed by atoms with Crippen molar-refractivity contribution in [2.24, 2.45) is 0 Å². The van der Waals surface area contributed by atoms with E-state index in [1.807, 2.05) is 0 Å². The molecule has 1 saturated carbocycles. The minimum absolute atomic E-state index is 0.0451. The van der Waals surface area contributed by atoms with Crippen LogP contribution in [0, 0.1) is 0 Å². The van der Waals surface area contributed by atoms with Gasteiger partial charge in [0, 0.05) is 10.7 Å². The number of rotatable bonds is 2. The quantitative estimate of drug-likeness (QED) is 0.782. The molecule has 0 amide bonds. The lowest BCUT2D eigenvalue weighted by Gasteiger charge is -2.19. The van der Waals surface area contributed by atoms with Crippen LogP contribution in [0.5, 0.6) is 0 Å². The van der Waals surface area contributed by atoms with Gasteiger partial charge in [-0.3, -0.25) is 0 Å². The summed E-state index contributed by atoms with van der Waals surface area (Å²) in [7, 11) is 1.19. The van der Waals surface area contributed by atoms with E-state index < -0.39 is 20.6 Å². The van der Waals surface area contributed by atoms with Gasteiger partial charge in [-0.2, -0.15) is 13.2 Å². The molecule has 0 aliphatic heterocycles. The van der Waals surface area contributed by atoms with E-state index in [0.717, 1.165) is 12.1 Å². The van der Waals surface area contributed by atoms with Crippen molar-refractivity contribution in [1.82, 2.24) is 0 Å². The highest BCUT2D eigenvalue weighted by atomic mass is 35.7. The highest BCUT2D eigenvalue weighted by Gasteiger charge is 2.64. The number of hydrogen-bond acceptors (Lipinski definition) is 2. The van der Waals surface area contributed by atoms with Gasteiger partial charge in [-0.25, -0.2) is 8.42 Å². The van der Waals surface area contributed by atoms with Crippen LogP contribution in [0.25, 0.3) is 0 Å². The van der Waals surface area contributed by atoms with E-state index in [-0.39, 0.29) is 23.3 Å². The van der Waals surface area contributed by atoms with Gasteiger partial charge in [-0.1, -0.05) is 12.1 Å². The summed E-state index contributed by atoms with van der Waals surface area (Å²) in [6.45, 7) is 0. The zero-order chi connectivity index (χ0) is 12.9. The molecule has 7 heteroatoms. The van der Waals surface area contributed by atoms with Gasteiger partial charge in [0.15, 0.2) is 0 Å². The van der Waals surface area contributed by atoms with E-state index in [1.165, 1.54) is 12.1 Å². The molecule has 1 aromatic rings. The lowest BCUT2D eigenvalue weighted by molar-refractivity contribution is -0.160. The summed E-state index contributed by atoms with van der Waals surface area (Å²) in [6, 6.07) is 4.55. The summed E-state index contributed by atoms with van der Waals surface area (Å²) >= 11 is 0. The van der Waals surface area contributed by atoms with Gasteiger partial charge in [-0.15, -0.1) is 0 Å². The Kier molecular flexibility index (Phi) is 2.70. The molecule has 0 N–H and O–H groups in total. The van der Waals surface area contributed by atoms with Crippen LogP contribution in [0.2, 0.25) is 0 Å². The molecule has 94 valence electrons. The first kappa shape index (κ1) is 12.7. The molecule has 1 aliphatic carbocycles. The average Bonchev–Trinajstić information content (AvgIpc) is 2.96. The van der Waals surface area contributed by atoms with Crippen molar-refractivity contribution in [2.75, 3.05) is 0 Å². The summed E-state index contributed by atoms with van der Waals surface area (Å²) in [5.74, 6) is 0. The zero-order valence-electron chi connectivity index (χ0n) is 8.46. The van der Waals surface area contributed by atoms with Crippen LogP contribution in [0.3, 0.4) is 0 Å². The second-order valence-electron chi connectivity index (χ2n) is 4.04. The Morgan fingerprint density at radius 1 is 1.12 bits per heavy atom. The van der Waals surface area contributed by atoms with E-state index in [4.69, 9.17) is 10.7 Å². The minimum Gasteiger partial charge on any atom is -0.207 e. The first-order valence-electron chi connectivity index (χ1n) is 4.79. The van der Waals surface area contributed by atoms with Crippen LogP contribution >= 0.6 is 10.7 Å². The Morgan fingerprint density at radius 3 is 1.88 bits per heavy atom. The van der Waals surface area contributed by atoms with Crippen molar-refractivity contribution < 1.29 is 21.6 Å². The predicted molar refractivity (Wildman–Crippen MR) is 56.4 cm³/mol. The lowest BCUT2D eigenvalue weighted by atomic mass is 9.95. The number of alkyl halides is 3. The van der Waals surface area contributed by atoms with Crippen molar-refractivity contribution in [3.05, 3.63) is 29.8 Å². The van der Waals surface area contributed by atoms with Crippen molar-refractivity contribution >= 4 is 19.7 Å². The summed E-state index contributed by atoms with van der Waals surface area (Å²) in [5.41, 5.74) is -1.70.